The molecule has 23 heavy (non-hydrogen) atoms. The predicted octanol–water partition coefficient (Wildman–Crippen LogP) is 5.08. The molecule has 1 aliphatic rings. The molecule has 1 N–H and O–H groups in total. The molecular weight excluding hydrogens is 286 g/mol. The first-order valence-corrected chi connectivity index (χ1v) is 8.01. The minimum absolute atomic E-state index is 0.0292. The molecule has 0 saturated heterocycles. The zero-order valence-electron chi connectivity index (χ0n) is 13.3. The van der Waals surface area contributed by atoms with E-state index in [2.05, 4.69) is 17.5 Å². The van der Waals surface area contributed by atoms with Crippen molar-refractivity contribution < 1.29 is 9.53 Å². The summed E-state index contributed by atoms with van der Waals surface area (Å²) in [6, 6.07) is 15.4. The van der Waals surface area contributed by atoms with Crippen LogP contribution in [-0.4, -0.2) is 5.91 Å². The molecule has 1 aliphatic carbocycles. The van der Waals surface area contributed by atoms with Crippen LogP contribution in [0.25, 0.3) is 0 Å². The van der Waals surface area contributed by atoms with Crippen LogP contribution in [-0.2, 0) is 4.79 Å². The second-order valence-electron chi connectivity index (χ2n) is 5.93. The van der Waals surface area contributed by atoms with Gasteiger partial charge in [0.25, 0.3) is 0 Å². The van der Waals surface area contributed by atoms with Gasteiger partial charge in [-0.1, -0.05) is 42.0 Å². The number of carbonyl (C=O) groups excluding carboxylic acids is 1. The lowest BCUT2D eigenvalue weighted by Gasteiger charge is -2.13. The maximum absolute atomic E-state index is 12.2. The van der Waals surface area contributed by atoms with Gasteiger partial charge in [-0.25, -0.2) is 0 Å². The van der Waals surface area contributed by atoms with Crippen LogP contribution in [0.1, 0.15) is 24.8 Å². The van der Waals surface area contributed by atoms with E-state index in [1.54, 1.807) is 0 Å². The van der Waals surface area contributed by atoms with Crippen molar-refractivity contribution in [3.63, 3.8) is 0 Å². The Hall–Kier alpha value is -2.55. The van der Waals surface area contributed by atoms with E-state index < -0.39 is 0 Å². The van der Waals surface area contributed by atoms with Gasteiger partial charge in [-0.05, 0) is 49.9 Å². The summed E-state index contributed by atoms with van der Waals surface area (Å²) < 4.78 is 5.91. The first-order valence-electron chi connectivity index (χ1n) is 8.01. The number of ether oxygens (including phenoxy) is 1. The molecule has 3 heteroatoms. The molecule has 3 nitrogen and oxygen atoms in total. The summed E-state index contributed by atoms with van der Waals surface area (Å²) in [7, 11) is 0. The number of rotatable bonds is 5. The molecule has 118 valence electrons. The van der Waals surface area contributed by atoms with E-state index in [-0.39, 0.29) is 5.91 Å². The average Bonchev–Trinajstić information content (AvgIpc) is 3.04. The third kappa shape index (κ3) is 4.22. The van der Waals surface area contributed by atoms with Crippen LogP contribution in [0.15, 0.2) is 60.7 Å². The van der Waals surface area contributed by atoms with Crippen LogP contribution >= 0.6 is 0 Å². The number of para-hydroxylation sites is 2. The fourth-order valence-electron chi connectivity index (χ4n) is 2.70. The fourth-order valence-corrected chi connectivity index (χ4v) is 2.70. The molecule has 3 rings (SSSR count). The molecule has 0 spiro atoms. The quantitative estimate of drug-likeness (QED) is 0.782. The van der Waals surface area contributed by atoms with Gasteiger partial charge >= 0.3 is 0 Å². The number of hydrogen-bond acceptors (Lipinski definition) is 2. The second-order valence-corrected chi connectivity index (χ2v) is 5.93. The summed E-state index contributed by atoms with van der Waals surface area (Å²) >= 11 is 0. The van der Waals surface area contributed by atoms with Gasteiger partial charge in [0, 0.05) is 6.42 Å². The van der Waals surface area contributed by atoms with Gasteiger partial charge in [0.2, 0.25) is 5.91 Å². The van der Waals surface area contributed by atoms with E-state index in [0.717, 1.165) is 18.6 Å². The molecule has 0 saturated carbocycles. The van der Waals surface area contributed by atoms with Gasteiger partial charge in [-0.15, -0.1) is 0 Å². The summed E-state index contributed by atoms with van der Waals surface area (Å²) in [4.78, 5) is 12.2. The van der Waals surface area contributed by atoms with Crippen LogP contribution in [0, 0.1) is 12.8 Å². The third-order valence-electron chi connectivity index (χ3n) is 3.97. The Labute approximate surface area is 137 Å². The molecule has 1 unspecified atom stereocenters. The average molecular weight is 307 g/mol. The van der Waals surface area contributed by atoms with E-state index in [0.29, 0.717) is 23.8 Å². The summed E-state index contributed by atoms with van der Waals surface area (Å²) in [6.45, 7) is 2.04. The van der Waals surface area contributed by atoms with Crippen LogP contribution in [0.5, 0.6) is 11.5 Å². The zero-order valence-corrected chi connectivity index (χ0v) is 13.3. The smallest absolute Gasteiger partial charge is 0.225 e. The number of benzene rings is 2. The highest BCUT2D eigenvalue weighted by Crippen LogP contribution is 2.30. The molecule has 0 aliphatic heterocycles. The second kappa shape index (κ2) is 7.14. The number of anilines is 1. The van der Waals surface area contributed by atoms with Crippen molar-refractivity contribution in [1.29, 1.82) is 0 Å². The molecule has 1 atom stereocenters. The van der Waals surface area contributed by atoms with E-state index in [9.17, 15) is 4.79 Å². The Bertz CT molecular complexity index is 704. The number of aryl methyl sites for hydroxylation is 1. The lowest BCUT2D eigenvalue weighted by molar-refractivity contribution is -0.116. The zero-order chi connectivity index (χ0) is 16.1. The minimum atomic E-state index is 0.0292. The van der Waals surface area contributed by atoms with Gasteiger partial charge in [-0.2, -0.15) is 0 Å². The monoisotopic (exact) mass is 307 g/mol. The van der Waals surface area contributed by atoms with Crippen molar-refractivity contribution >= 4 is 11.6 Å². The van der Waals surface area contributed by atoms with Crippen LogP contribution in [0.4, 0.5) is 5.69 Å². The van der Waals surface area contributed by atoms with Gasteiger partial charge < -0.3 is 10.1 Å². The fraction of sp³-hybridized carbons (Fsp3) is 0.250. The maximum Gasteiger partial charge on any atom is 0.225 e. The first kappa shape index (κ1) is 15.3. The highest BCUT2D eigenvalue weighted by molar-refractivity contribution is 5.92. The predicted molar refractivity (Wildman–Crippen MR) is 92.8 cm³/mol. The summed E-state index contributed by atoms with van der Waals surface area (Å²) in [6.07, 6.45) is 6.94. The van der Waals surface area contributed by atoms with Crippen LogP contribution in [0.3, 0.4) is 0 Å². The van der Waals surface area contributed by atoms with Crippen LogP contribution < -0.4 is 10.1 Å². The lowest BCUT2D eigenvalue weighted by Crippen LogP contribution is -2.15. The lowest BCUT2D eigenvalue weighted by atomic mass is 10.1. The molecule has 2 aromatic carbocycles. The Kier molecular flexibility index (Phi) is 4.77. The highest BCUT2D eigenvalue weighted by Gasteiger charge is 2.15. The van der Waals surface area contributed by atoms with Crippen molar-refractivity contribution in [2.45, 2.75) is 26.2 Å². The number of amides is 1. The summed E-state index contributed by atoms with van der Waals surface area (Å²) in [5.41, 5.74) is 1.89. The van der Waals surface area contributed by atoms with Gasteiger partial charge in [0.05, 0.1) is 5.69 Å². The van der Waals surface area contributed by atoms with E-state index >= 15 is 0 Å². The molecule has 0 radical (unpaired) electrons. The van der Waals surface area contributed by atoms with E-state index in [1.165, 1.54) is 5.56 Å². The Balaban J connectivity index is 1.68. The van der Waals surface area contributed by atoms with Crippen LogP contribution in [0.2, 0.25) is 0 Å². The van der Waals surface area contributed by atoms with Crippen molar-refractivity contribution in [1.82, 2.24) is 0 Å². The molecule has 0 fully saturated rings. The molecule has 2 aromatic rings. The van der Waals surface area contributed by atoms with E-state index in [1.807, 2.05) is 55.5 Å². The summed E-state index contributed by atoms with van der Waals surface area (Å²) in [5, 5.41) is 2.97. The van der Waals surface area contributed by atoms with Crippen molar-refractivity contribution in [3.8, 4) is 11.5 Å². The first-order chi connectivity index (χ1) is 11.2. The molecule has 0 bridgehead atoms. The van der Waals surface area contributed by atoms with E-state index in [4.69, 9.17) is 4.74 Å². The Morgan fingerprint density at radius 1 is 1.17 bits per heavy atom. The van der Waals surface area contributed by atoms with Crippen molar-refractivity contribution in [3.05, 3.63) is 66.2 Å². The Morgan fingerprint density at radius 2 is 1.96 bits per heavy atom. The van der Waals surface area contributed by atoms with Crippen molar-refractivity contribution in [2.75, 3.05) is 5.32 Å². The molecule has 1 amide bonds. The van der Waals surface area contributed by atoms with Gasteiger partial charge in [0.1, 0.15) is 5.75 Å². The largest absolute Gasteiger partial charge is 0.455 e. The number of nitrogens with one attached hydrogen (secondary N) is 1. The topological polar surface area (TPSA) is 38.3 Å². The Morgan fingerprint density at radius 3 is 2.70 bits per heavy atom. The standard InChI is InChI=1S/C20H21NO2/c1-15-10-12-17(13-11-15)23-19-9-5-4-8-18(19)21-20(22)14-16-6-2-3-7-16/h2,4-6,8-13,16H,3,7,14H2,1H3,(H,21,22). The molecule has 0 aromatic heterocycles. The van der Waals surface area contributed by atoms with Crippen molar-refractivity contribution in [2.24, 2.45) is 5.92 Å². The molecule has 0 heterocycles. The SMILES string of the molecule is Cc1ccc(Oc2ccccc2NC(=O)CC2C=CCC2)cc1. The number of allylic oxidation sites excluding steroid dienone is 2. The normalized spacial score (nSPS) is 16.3. The summed E-state index contributed by atoms with van der Waals surface area (Å²) in [5.74, 6) is 1.81. The number of carbonyl (C=O) groups is 1. The van der Waals surface area contributed by atoms with Gasteiger partial charge in [-0.3, -0.25) is 4.79 Å². The number of hydrogen-bond donors (Lipinski definition) is 1. The third-order valence-corrected chi connectivity index (χ3v) is 3.97. The highest BCUT2D eigenvalue weighted by atomic mass is 16.5. The molecular formula is C20H21NO2. The maximum atomic E-state index is 12.2. The van der Waals surface area contributed by atoms with Gasteiger partial charge in [0.15, 0.2) is 5.75 Å². The minimum Gasteiger partial charge on any atom is -0.455 e.